The molecule has 3 rings (SSSR count). The Morgan fingerprint density at radius 2 is 2.19 bits per heavy atom. The number of benzene rings is 1. The van der Waals surface area contributed by atoms with Crippen LogP contribution in [0.4, 0.5) is 10.3 Å². The fourth-order valence-electron chi connectivity index (χ4n) is 2.00. The van der Waals surface area contributed by atoms with Gasteiger partial charge in [0.05, 0.1) is 17.7 Å². The quantitative estimate of drug-likeness (QED) is 0.780. The highest BCUT2D eigenvalue weighted by Crippen LogP contribution is 2.34. The van der Waals surface area contributed by atoms with Gasteiger partial charge >= 0.3 is 0 Å². The van der Waals surface area contributed by atoms with Crippen LogP contribution in [0, 0.1) is 0 Å². The minimum atomic E-state index is -0.448. The second-order valence-electron chi connectivity index (χ2n) is 4.40. The summed E-state index contributed by atoms with van der Waals surface area (Å²) in [6.45, 7) is -0.233. The molecule has 1 N–H and O–H groups in total. The Balaban J connectivity index is 1.96. The van der Waals surface area contributed by atoms with E-state index in [0.717, 1.165) is 26.4 Å². The molecule has 0 saturated heterocycles. The fraction of sp³-hybridized carbons (Fsp3) is 0.200. The summed E-state index contributed by atoms with van der Waals surface area (Å²) in [7, 11) is 1.66. The van der Waals surface area contributed by atoms with E-state index in [1.165, 1.54) is 0 Å². The zero-order valence-electron chi connectivity index (χ0n) is 11.5. The standard InChI is InChI=1S/C15H14FN3OS/c1-20-11-3-2-10-8-14(21-13(10)9-11)12-4-6-17-15(19-12)18-7-5-16/h2-4,6,8-9H,5,7H2,1H3,(H,17,18,19). The topological polar surface area (TPSA) is 47.0 Å². The molecule has 6 heteroatoms. The highest BCUT2D eigenvalue weighted by molar-refractivity contribution is 7.22. The number of ether oxygens (including phenoxy) is 1. The Hall–Kier alpha value is -2.21. The third-order valence-electron chi connectivity index (χ3n) is 3.01. The number of hydrogen-bond donors (Lipinski definition) is 1. The second-order valence-corrected chi connectivity index (χ2v) is 5.48. The van der Waals surface area contributed by atoms with Crippen LogP contribution in [0.3, 0.4) is 0 Å². The Morgan fingerprint density at radius 1 is 1.29 bits per heavy atom. The summed E-state index contributed by atoms with van der Waals surface area (Å²) in [6.07, 6.45) is 1.67. The number of nitrogens with one attached hydrogen (secondary N) is 1. The third-order valence-corrected chi connectivity index (χ3v) is 4.13. The van der Waals surface area contributed by atoms with Crippen LogP contribution in [0.15, 0.2) is 36.5 Å². The SMILES string of the molecule is COc1ccc2cc(-c3ccnc(NCCF)n3)sc2c1. The molecule has 2 aromatic heterocycles. The van der Waals surface area contributed by atoms with Gasteiger partial charge in [-0.1, -0.05) is 0 Å². The van der Waals surface area contributed by atoms with Crippen LogP contribution in [0.25, 0.3) is 20.7 Å². The van der Waals surface area contributed by atoms with Gasteiger partial charge in [-0.15, -0.1) is 11.3 Å². The van der Waals surface area contributed by atoms with Crippen molar-refractivity contribution in [3.05, 3.63) is 36.5 Å². The third kappa shape index (κ3) is 2.95. The molecule has 0 saturated carbocycles. The Bertz CT molecular complexity index is 760. The van der Waals surface area contributed by atoms with Gasteiger partial charge in [0.1, 0.15) is 12.4 Å². The Morgan fingerprint density at radius 3 is 3.00 bits per heavy atom. The lowest BCUT2D eigenvalue weighted by molar-refractivity contribution is 0.415. The Labute approximate surface area is 125 Å². The van der Waals surface area contributed by atoms with E-state index >= 15 is 0 Å². The van der Waals surface area contributed by atoms with Crippen molar-refractivity contribution >= 4 is 27.4 Å². The van der Waals surface area contributed by atoms with Crippen molar-refractivity contribution in [2.45, 2.75) is 0 Å². The molecule has 0 aliphatic rings. The number of hydrogen-bond acceptors (Lipinski definition) is 5. The van der Waals surface area contributed by atoms with Gasteiger partial charge in [0, 0.05) is 17.4 Å². The van der Waals surface area contributed by atoms with E-state index in [4.69, 9.17) is 4.74 Å². The van der Waals surface area contributed by atoms with Crippen molar-refractivity contribution in [3.8, 4) is 16.3 Å². The maximum Gasteiger partial charge on any atom is 0.223 e. The van der Waals surface area contributed by atoms with E-state index in [0.29, 0.717) is 5.95 Å². The zero-order chi connectivity index (χ0) is 14.7. The lowest BCUT2D eigenvalue weighted by Crippen LogP contribution is -2.06. The summed E-state index contributed by atoms with van der Waals surface area (Å²) in [5.74, 6) is 1.28. The molecule has 2 heterocycles. The lowest BCUT2D eigenvalue weighted by Gasteiger charge is -2.02. The average molecular weight is 303 g/mol. The first kappa shape index (κ1) is 13.8. The van der Waals surface area contributed by atoms with Crippen molar-refractivity contribution in [2.75, 3.05) is 25.6 Å². The number of nitrogens with zero attached hydrogens (tertiary/aromatic N) is 2. The van der Waals surface area contributed by atoms with Crippen LogP contribution in [0.5, 0.6) is 5.75 Å². The fourth-order valence-corrected chi connectivity index (χ4v) is 3.07. The zero-order valence-corrected chi connectivity index (χ0v) is 12.3. The smallest absolute Gasteiger partial charge is 0.223 e. The summed E-state index contributed by atoms with van der Waals surface area (Å²) < 4.78 is 18.6. The van der Waals surface area contributed by atoms with Gasteiger partial charge in [-0.2, -0.15) is 0 Å². The number of alkyl halides is 1. The first-order valence-electron chi connectivity index (χ1n) is 6.51. The second kappa shape index (κ2) is 6.05. The van der Waals surface area contributed by atoms with Crippen LogP contribution in [0.2, 0.25) is 0 Å². The van der Waals surface area contributed by atoms with Gasteiger partial charge in [0.25, 0.3) is 0 Å². The number of anilines is 1. The minimum Gasteiger partial charge on any atom is -0.497 e. The molecule has 3 aromatic rings. The van der Waals surface area contributed by atoms with Crippen molar-refractivity contribution in [1.29, 1.82) is 0 Å². The molecule has 1 aromatic carbocycles. The maximum atomic E-state index is 12.2. The number of rotatable bonds is 5. The molecule has 0 fully saturated rings. The Kier molecular flexibility index (Phi) is 3.96. The minimum absolute atomic E-state index is 0.215. The van der Waals surface area contributed by atoms with Gasteiger partial charge in [0.2, 0.25) is 5.95 Å². The van der Waals surface area contributed by atoms with E-state index < -0.39 is 6.67 Å². The van der Waals surface area contributed by atoms with E-state index in [-0.39, 0.29) is 6.54 Å². The van der Waals surface area contributed by atoms with E-state index in [9.17, 15) is 4.39 Å². The van der Waals surface area contributed by atoms with Crippen LogP contribution >= 0.6 is 11.3 Å². The molecule has 0 spiro atoms. The highest BCUT2D eigenvalue weighted by Gasteiger charge is 2.08. The summed E-state index contributed by atoms with van der Waals surface area (Å²) in [6, 6.07) is 9.90. The molecular weight excluding hydrogens is 289 g/mol. The number of thiophene rings is 1. The predicted molar refractivity (Wildman–Crippen MR) is 83.9 cm³/mol. The molecule has 0 atom stereocenters. The molecule has 108 valence electrons. The normalized spacial score (nSPS) is 10.8. The molecule has 0 radical (unpaired) electrons. The molecule has 0 bridgehead atoms. The molecule has 21 heavy (non-hydrogen) atoms. The summed E-state index contributed by atoms with van der Waals surface area (Å²) in [5.41, 5.74) is 0.825. The maximum absolute atomic E-state index is 12.2. The number of methoxy groups -OCH3 is 1. The number of aromatic nitrogens is 2. The van der Waals surface area contributed by atoms with Gasteiger partial charge < -0.3 is 10.1 Å². The lowest BCUT2D eigenvalue weighted by atomic mass is 10.2. The summed E-state index contributed by atoms with van der Waals surface area (Å²) in [4.78, 5) is 9.53. The highest BCUT2D eigenvalue weighted by atomic mass is 32.1. The molecule has 0 unspecified atom stereocenters. The van der Waals surface area contributed by atoms with Crippen LogP contribution in [0.1, 0.15) is 0 Å². The molecule has 0 amide bonds. The molecular formula is C15H14FN3OS. The van der Waals surface area contributed by atoms with Crippen molar-refractivity contribution in [3.63, 3.8) is 0 Å². The summed E-state index contributed by atoms with van der Waals surface area (Å²) >= 11 is 1.64. The molecule has 4 nitrogen and oxygen atoms in total. The van der Waals surface area contributed by atoms with Crippen molar-refractivity contribution < 1.29 is 9.13 Å². The largest absolute Gasteiger partial charge is 0.497 e. The molecule has 0 aliphatic heterocycles. The monoisotopic (exact) mass is 303 g/mol. The molecule has 0 aliphatic carbocycles. The number of halogens is 1. The summed E-state index contributed by atoms with van der Waals surface area (Å²) in [5, 5.41) is 3.99. The van der Waals surface area contributed by atoms with E-state index in [2.05, 4.69) is 21.4 Å². The predicted octanol–water partition coefficient (Wildman–Crippen LogP) is 3.75. The van der Waals surface area contributed by atoms with Crippen molar-refractivity contribution in [2.24, 2.45) is 0 Å². The van der Waals surface area contributed by atoms with Gasteiger partial charge in [-0.05, 0) is 35.7 Å². The van der Waals surface area contributed by atoms with Gasteiger partial charge in [0.15, 0.2) is 0 Å². The van der Waals surface area contributed by atoms with Crippen molar-refractivity contribution in [1.82, 2.24) is 9.97 Å². The van der Waals surface area contributed by atoms with Crippen LogP contribution in [-0.4, -0.2) is 30.3 Å². The average Bonchev–Trinajstić information content (AvgIpc) is 2.96. The van der Waals surface area contributed by atoms with E-state index in [1.807, 2.05) is 24.3 Å². The van der Waals surface area contributed by atoms with Crippen LogP contribution < -0.4 is 10.1 Å². The van der Waals surface area contributed by atoms with Gasteiger partial charge in [-0.3, -0.25) is 0 Å². The first-order valence-corrected chi connectivity index (χ1v) is 7.32. The van der Waals surface area contributed by atoms with Crippen LogP contribution in [-0.2, 0) is 0 Å². The first-order chi connectivity index (χ1) is 10.3. The van der Waals surface area contributed by atoms with E-state index in [1.54, 1.807) is 24.6 Å². The van der Waals surface area contributed by atoms with Gasteiger partial charge in [-0.25, -0.2) is 14.4 Å². The number of fused-ring (bicyclic) bond motifs is 1.